The van der Waals surface area contributed by atoms with Gasteiger partial charge in [0.2, 0.25) is 0 Å². The quantitative estimate of drug-likeness (QED) is 0.863. The van der Waals surface area contributed by atoms with Crippen LogP contribution < -0.4 is 4.74 Å². The topological polar surface area (TPSA) is 29.5 Å². The number of rotatable bonds is 5. The average molecular weight is 244 g/mol. The summed E-state index contributed by atoms with van der Waals surface area (Å²) in [6.07, 6.45) is -0.765. The fourth-order valence-corrected chi connectivity index (χ4v) is 2.03. The highest BCUT2D eigenvalue weighted by molar-refractivity contribution is 7.99. The first kappa shape index (κ1) is 13.3. The molecule has 0 spiro atoms. The molecule has 1 N–H and O–H groups in total. The monoisotopic (exact) mass is 244 g/mol. The third kappa shape index (κ3) is 3.68. The normalized spacial score (nSPS) is 12.9. The lowest BCUT2D eigenvalue weighted by Gasteiger charge is -2.13. The van der Waals surface area contributed by atoms with Crippen LogP contribution in [0.2, 0.25) is 0 Å². The van der Waals surface area contributed by atoms with Crippen molar-refractivity contribution < 1.29 is 14.2 Å². The van der Waals surface area contributed by atoms with E-state index in [1.54, 1.807) is 23.9 Å². The van der Waals surface area contributed by atoms with Gasteiger partial charge in [-0.25, -0.2) is 4.39 Å². The van der Waals surface area contributed by atoms with Gasteiger partial charge in [-0.05, 0) is 17.4 Å². The van der Waals surface area contributed by atoms with Crippen LogP contribution >= 0.6 is 11.8 Å². The van der Waals surface area contributed by atoms with Gasteiger partial charge in [-0.15, -0.1) is 0 Å². The van der Waals surface area contributed by atoms with E-state index in [1.807, 2.05) is 13.8 Å². The van der Waals surface area contributed by atoms with Gasteiger partial charge >= 0.3 is 0 Å². The highest BCUT2D eigenvalue weighted by atomic mass is 32.2. The van der Waals surface area contributed by atoms with Crippen LogP contribution in [0.3, 0.4) is 0 Å². The Morgan fingerprint density at radius 3 is 2.62 bits per heavy atom. The average Bonchev–Trinajstić information content (AvgIpc) is 2.25. The Kier molecular flexibility index (Phi) is 5.09. The Morgan fingerprint density at radius 2 is 2.12 bits per heavy atom. The summed E-state index contributed by atoms with van der Waals surface area (Å²) in [4.78, 5) is 0. The van der Waals surface area contributed by atoms with E-state index in [9.17, 15) is 9.50 Å². The molecule has 16 heavy (non-hydrogen) atoms. The lowest BCUT2D eigenvalue weighted by atomic mass is 10.1. The van der Waals surface area contributed by atoms with Crippen molar-refractivity contribution in [3.63, 3.8) is 0 Å². The molecule has 0 aliphatic carbocycles. The predicted octanol–water partition coefficient (Wildman–Crippen LogP) is 3.01. The Labute approximate surface area is 99.8 Å². The summed E-state index contributed by atoms with van der Waals surface area (Å²) in [6, 6.07) is 4.51. The van der Waals surface area contributed by atoms with E-state index in [0.29, 0.717) is 22.3 Å². The van der Waals surface area contributed by atoms with Gasteiger partial charge in [0, 0.05) is 17.4 Å². The maximum Gasteiger partial charge on any atom is 0.132 e. The molecule has 0 saturated heterocycles. The molecule has 4 heteroatoms. The van der Waals surface area contributed by atoms with E-state index in [0.717, 1.165) is 0 Å². The molecule has 90 valence electrons. The van der Waals surface area contributed by atoms with Crippen LogP contribution in [0.4, 0.5) is 4.39 Å². The zero-order chi connectivity index (χ0) is 12.1. The van der Waals surface area contributed by atoms with Crippen LogP contribution in [0.5, 0.6) is 5.75 Å². The van der Waals surface area contributed by atoms with E-state index in [1.165, 1.54) is 13.2 Å². The first-order valence-corrected chi connectivity index (χ1v) is 6.22. The van der Waals surface area contributed by atoms with Crippen LogP contribution in [0, 0.1) is 5.82 Å². The Balaban J connectivity index is 2.71. The summed E-state index contributed by atoms with van der Waals surface area (Å²) in [6.45, 7) is 4.09. The lowest BCUT2D eigenvalue weighted by Crippen LogP contribution is -2.05. The zero-order valence-electron chi connectivity index (χ0n) is 9.74. The van der Waals surface area contributed by atoms with E-state index >= 15 is 0 Å². The van der Waals surface area contributed by atoms with Gasteiger partial charge in [0.1, 0.15) is 11.6 Å². The molecule has 0 fully saturated rings. The summed E-state index contributed by atoms with van der Waals surface area (Å²) >= 11 is 1.60. The minimum absolute atomic E-state index is 0.328. The fourth-order valence-electron chi connectivity index (χ4n) is 1.28. The SMILES string of the molecule is COc1ccc(C(O)CSC(C)C)c(F)c1. The van der Waals surface area contributed by atoms with Gasteiger partial charge < -0.3 is 9.84 Å². The third-order valence-corrected chi connectivity index (χ3v) is 3.33. The largest absolute Gasteiger partial charge is 0.497 e. The van der Waals surface area contributed by atoms with Crippen LogP contribution in [-0.4, -0.2) is 23.2 Å². The first-order valence-electron chi connectivity index (χ1n) is 5.17. The number of hydrogen-bond acceptors (Lipinski definition) is 3. The second-order valence-electron chi connectivity index (χ2n) is 3.79. The molecule has 0 radical (unpaired) electrons. The summed E-state index contributed by atoms with van der Waals surface area (Å²) in [5.41, 5.74) is 0.328. The summed E-state index contributed by atoms with van der Waals surface area (Å²) in [7, 11) is 1.49. The van der Waals surface area contributed by atoms with E-state index in [-0.39, 0.29) is 0 Å². The number of aliphatic hydroxyl groups excluding tert-OH is 1. The minimum Gasteiger partial charge on any atom is -0.497 e. The number of halogens is 1. The van der Waals surface area contributed by atoms with Crippen LogP contribution in [0.15, 0.2) is 18.2 Å². The lowest BCUT2D eigenvalue weighted by molar-refractivity contribution is 0.198. The van der Waals surface area contributed by atoms with Gasteiger partial charge in [0.15, 0.2) is 0 Å². The number of thioether (sulfide) groups is 1. The van der Waals surface area contributed by atoms with Gasteiger partial charge in [0.25, 0.3) is 0 Å². The molecule has 1 atom stereocenters. The summed E-state index contributed by atoms with van der Waals surface area (Å²) in [5.74, 6) is 0.544. The van der Waals surface area contributed by atoms with Crippen molar-refractivity contribution in [2.24, 2.45) is 0 Å². The number of hydrogen-bond donors (Lipinski definition) is 1. The highest BCUT2D eigenvalue weighted by Crippen LogP contribution is 2.25. The molecule has 1 aromatic rings. The Bertz CT molecular complexity index is 342. The standard InChI is InChI=1S/C12H17FO2S/c1-8(2)16-7-12(14)10-5-4-9(15-3)6-11(10)13/h4-6,8,12,14H,7H2,1-3H3. The maximum atomic E-state index is 13.6. The van der Waals surface area contributed by atoms with Crippen molar-refractivity contribution >= 4 is 11.8 Å². The van der Waals surface area contributed by atoms with Crippen molar-refractivity contribution in [2.45, 2.75) is 25.2 Å². The number of ether oxygens (including phenoxy) is 1. The summed E-state index contributed by atoms with van der Waals surface area (Å²) in [5, 5.41) is 10.2. The van der Waals surface area contributed by atoms with Crippen LogP contribution in [-0.2, 0) is 0 Å². The summed E-state index contributed by atoms with van der Waals surface area (Å²) < 4.78 is 18.5. The first-order chi connectivity index (χ1) is 7.54. The molecular formula is C12H17FO2S. The van der Waals surface area contributed by atoms with Crippen molar-refractivity contribution in [1.82, 2.24) is 0 Å². The fraction of sp³-hybridized carbons (Fsp3) is 0.500. The molecule has 0 aliphatic rings. The Morgan fingerprint density at radius 1 is 1.44 bits per heavy atom. The van der Waals surface area contributed by atoms with E-state index in [2.05, 4.69) is 0 Å². The van der Waals surface area contributed by atoms with Crippen molar-refractivity contribution in [3.8, 4) is 5.75 Å². The minimum atomic E-state index is -0.765. The molecule has 0 amide bonds. The van der Waals surface area contributed by atoms with E-state index < -0.39 is 11.9 Å². The van der Waals surface area contributed by atoms with Crippen molar-refractivity contribution in [2.75, 3.05) is 12.9 Å². The van der Waals surface area contributed by atoms with Crippen LogP contribution in [0.25, 0.3) is 0 Å². The molecule has 0 aliphatic heterocycles. The molecule has 2 nitrogen and oxygen atoms in total. The molecule has 0 bridgehead atoms. The molecular weight excluding hydrogens is 227 g/mol. The number of aliphatic hydroxyl groups is 1. The van der Waals surface area contributed by atoms with Crippen molar-refractivity contribution in [3.05, 3.63) is 29.6 Å². The molecule has 0 saturated carbocycles. The van der Waals surface area contributed by atoms with Crippen LogP contribution in [0.1, 0.15) is 25.5 Å². The number of benzene rings is 1. The molecule has 1 aromatic carbocycles. The van der Waals surface area contributed by atoms with Crippen molar-refractivity contribution in [1.29, 1.82) is 0 Å². The molecule has 0 aromatic heterocycles. The smallest absolute Gasteiger partial charge is 0.132 e. The van der Waals surface area contributed by atoms with E-state index in [4.69, 9.17) is 4.74 Å². The molecule has 0 heterocycles. The Hall–Kier alpha value is -0.740. The van der Waals surface area contributed by atoms with Gasteiger partial charge in [-0.3, -0.25) is 0 Å². The third-order valence-electron chi connectivity index (χ3n) is 2.15. The molecule has 1 unspecified atom stereocenters. The van der Waals surface area contributed by atoms with Gasteiger partial charge in [-0.1, -0.05) is 13.8 Å². The molecule has 1 rings (SSSR count). The number of methoxy groups -OCH3 is 1. The maximum absolute atomic E-state index is 13.6. The van der Waals surface area contributed by atoms with Gasteiger partial charge in [-0.2, -0.15) is 11.8 Å². The predicted molar refractivity (Wildman–Crippen MR) is 65.5 cm³/mol. The second kappa shape index (κ2) is 6.11. The van der Waals surface area contributed by atoms with Gasteiger partial charge in [0.05, 0.1) is 13.2 Å². The second-order valence-corrected chi connectivity index (χ2v) is 5.39. The highest BCUT2D eigenvalue weighted by Gasteiger charge is 2.14. The zero-order valence-corrected chi connectivity index (χ0v) is 10.6.